The zero-order chi connectivity index (χ0) is 30.5. The standard InChI is InChI=1S/C33H50F3IO4S/c1-2-3-4-5-6-7-8-9-10-11-12-13-14-15-16-20-27-40-32-25-23-31(24-26-32)29-37(28-30-21-18-17-19-22-30)41-42(38,39)33(34,35)36/h17-19,21-26H,2-16,20,27-29H2,1H3. The number of hydrogen-bond donors (Lipinski definition) is 0. The molecule has 0 aliphatic heterocycles. The first kappa shape index (κ1) is 36.9. The zero-order valence-electron chi connectivity index (χ0n) is 25.2. The summed E-state index contributed by atoms with van der Waals surface area (Å²) in [5, 5.41) is 0. The van der Waals surface area contributed by atoms with E-state index < -0.39 is 35.9 Å². The average Bonchev–Trinajstić information content (AvgIpc) is 2.95. The summed E-state index contributed by atoms with van der Waals surface area (Å²) < 4.78 is 73.3. The fourth-order valence-electron chi connectivity index (χ4n) is 4.67. The van der Waals surface area contributed by atoms with Gasteiger partial charge in [-0.1, -0.05) is 77.6 Å². The van der Waals surface area contributed by atoms with Crippen LogP contribution in [0.1, 0.15) is 121 Å². The number of ether oxygens (including phenoxy) is 1. The Hall–Kier alpha value is -1.33. The van der Waals surface area contributed by atoms with E-state index in [0.29, 0.717) is 12.4 Å². The number of halogens is 4. The van der Waals surface area contributed by atoms with Crippen molar-refractivity contribution in [3.63, 3.8) is 0 Å². The average molecular weight is 727 g/mol. The molecule has 0 saturated carbocycles. The molecule has 0 radical (unpaired) electrons. The van der Waals surface area contributed by atoms with E-state index in [1.54, 1.807) is 54.6 Å². The van der Waals surface area contributed by atoms with E-state index in [-0.39, 0.29) is 8.86 Å². The topological polar surface area (TPSA) is 52.6 Å². The minimum atomic E-state index is -5.64. The Morgan fingerprint density at radius 2 is 1.05 bits per heavy atom. The summed E-state index contributed by atoms with van der Waals surface area (Å²) in [6.07, 6.45) is 21.1. The molecule has 0 heterocycles. The molecule has 0 bridgehead atoms. The van der Waals surface area contributed by atoms with Crippen LogP contribution < -0.4 is 4.74 Å². The van der Waals surface area contributed by atoms with Crippen LogP contribution in [0.4, 0.5) is 13.2 Å². The molecule has 0 fully saturated rings. The second-order valence-corrected chi connectivity index (χ2v) is 17.3. The van der Waals surface area contributed by atoms with E-state index in [9.17, 15) is 21.6 Å². The summed E-state index contributed by atoms with van der Waals surface area (Å²) in [6.45, 7) is 2.89. The van der Waals surface area contributed by atoms with Gasteiger partial charge in [0.05, 0.1) is 0 Å². The minimum absolute atomic E-state index is 0.174. The number of rotatable bonds is 24. The van der Waals surface area contributed by atoms with E-state index >= 15 is 0 Å². The van der Waals surface area contributed by atoms with Crippen molar-refractivity contribution >= 4 is 30.4 Å². The summed E-state index contributed by atoms with van der Waals surface area (Å²) in [5.74, 6) is 0.701. The third-order valence-corrected chi connectivity index (χ3v) is 14.4. The van der Waals surface area contributed by atoms with Gasteiger partial charge in [0, 0.05) is 0 Å². The van der Waals surface area contributed by atoms with Gasteiger partial charge in [0.25, 0.3) is 0 Å². The van der Waals surface area contributed by atoms with Gasteiger partial charge in [-0.25, -0.2) is 0 Å². The van der Waals surface area contributed by atoms with Gasteiger partial charge < -0.3 is 0 Å². The first-order valence-electron chi connectivity index (χ1n) is 15.6. The van der Waals surface area contributed by atoms with Gasteiger partial charge in [-0.2, -0.15) is 0 Å². The van der Waals surface area contributed by atoms with Crippen LogP contribution in [-0.2, 0) is 21.5 Å². The quantitative estimate of drug-likeness (QED) is 0.0468. The maximum atomic E-state index is 13.0. The molecule has 0 aromatic heterocycles. The Kier molecular flexibility index (Phi) is 18.8. The zero-order valence-corrected chi connectivity index (χ0v) is 28.2. The third-order valence-electron chi connectivity index (χ3n) is 7.09. The van der Waals surface area contributed by atoms with Crippen molar-refractivity contribution in [3.8, 4) is 5.75 Å². The summed E-state index contributed by atoms with van der Waals surface area (Å²) in [7, 11) is -5.64. The van der Waals surface area contributed by atoms with E-state index in [1.165, 1.54) is 89.9 Å². The summed E-state index contributed by atoms with van der Waals surface area (Å²) >= 11 is -3.05. The van der Waals surface area contributed by atoms with Crippen molar-refractivity contribution in [2.24, 2.45) is 0 Å². The monoisotopic (exact) mass is 726 g/mol. The summed E-state index contributed by atoms with van der Waals surface area (Å²) in [6, 6.07) is 16.0. The normalized spacial score (nSPS) is 12.4. The van der Waals surface area contributed by atoms with Crippen LogP contribution in [0.15, 0.2) is 54.6 Å². The molecule has 0 atom stereocenters. The fourth-order valence-corrected chi connectivity index (χ4v) is 11.7. The third kappa shape index (κ3) is 16.5. The number of benzene rings is 2. The number of hydrogen-bond acceptors (Lipinski definition) is 4. The molecule has 240 valence electrons. The van der Waals surface area contributed by atoms with Crippen molar-refractivity contribution < 1.29 is 28.8 Å². The van der Waals surface area contributed by atoms with Crippen LogP contribution in [0.5, 0.6) is 5.75 Å². The van der Waals surface area contributed by atoms with Crippen LogP contribution in [0, 0.1) is 0 Å². The van der Waals surface area contributed by atoms with Crippen LogP contribution in [0.2, 0.25) is 0 Å². The molecule has 0 amide bonds. The molecule has 2 aromatic rings. The van der Waals surface area contributed by atoms with Gasteiger partial charge >= 0.3 is 184 Å². The van der Waals surface area contributed by atoms with Crippen molar-refractivity contribution in [2.45, 2.75) is 124 Å². The Labute approximate surface area is 260 Å². The van der Waals surface area contributed by atoms with Crippen LogP contribution in [-0.4, -0.2) is 20.5 Å². The molecule has 0 N–H and O–H groups in total. The molecule has 9 heteroatoms. The van der Waals surface area contributed by atoms with Gasteiger partial charge in [0.15, 0.2) is 0 Å². The molecule has 0 aliphatic carbocycles. The molecule has 2 rings (SSSR count). The van der Waals surface area contributed by atoms with E-state index in [1.807, 2.05) is 0 Å². The van der Waals surface area contributed by atoms with E-state index in [0.717, 1.165) is 24.0 Å². The van der Waals surface area contributed by atoms with Crippen molar-refractivity contribution in [1.29, 1.82) is 0 Å². The predicted molar refractivity (Wildman–Crippen MR) is 175 cm³/mol. The van der Waals surface area contributed by atoms with Crippen molar-refractivity contribution in [1.82, 2.24) is 0 Å². The summed E-state index contributed by atoms with van der Waals surface area (Å²) in [4.78, 5) is 0. The molecule has 4 nitrogen and oxygen atoms in total. The number of alkyl halides is 5. The second kappa shape index (κ2) is 21.4. The molecule has 0 saturated heterocycles. The molecule has 0 unspecified atom stereocenters. The summed E-state index contributed by atoms with van der Waals surface area (Å²) in [5.41, 5.74) is -3.92. The first-order valence-corrected chi connectivity index (χ1v) is 20.9. The van der Waals surface area contributed by atoms with Gasteiger partial charge in [0.1, 0.15) is 0 Å². The van der Waals surface area contributed by atoms with Crippen molar-refractivity contribution in [2.75, 3.05) is 6.61 Å². The maximum absolute atomic E-state index is 13.0. The van der Waals surface area contributed by atoms with Gasteiger partial charge in [-0.15, -0.1) is 0 Å². The molecule has 42 heavy (non-hydrogen) atoms. The Morgan fingerprint density at radius 3 is 1.50 bits per heavy atom. The molecule has 0 spiro atoms. The SMILES string of the molecule is CCCCCCCCCCCCCCCCCCOc1ccc(CI(Cc2ccccc2)OS(=O)(=O)C(F)(F)F)cc1. The van der Waals surface area contributed by atoms with Gasteiger partial charge in [-0.3, -0.25) is 0 Å². The predicted octanol–water partition coefficient (Wildman–Crippen LogP) is 11.3. The molecule has 0 aliphatic rings. The first-order chi connectivity index (χ1) is 20.2. The fraction of sp³-hybridized carbons (Fsp3) is 0.636. The van der Waals surface area contributed by atoms with E-state index in [4.69, 9.17) is 7.25 Å². The van der Waals surface area contributed by atoms with Crippen LogP contribution in [0.25, 0.3) is 0 Å². The Morgan fingerprint density at radius 1 is 0.619 bits per heavy atom. The molecule has 2 aromatic carbocycles. The Balaban J connectivity index is 1.59. The van der Waals surface area contributed by atoms with E-state index in [2.05, 4.69) is 6.92 Å². The van der Waals surface area contributed by atoms with Gasteiger partial charge in [-0.05, 0) is 0 Å². The molecular formula is C33H50F3IO4S. The van der Waals surface area contributed by atoms with Crippen molar-refractivity contribution in [3.05, 3.63) is 65.7 Å². The van der Waals surface area contributed by atoms with Crippen LogP contribution >= 0.6 is 20.2 Å². The van der Waals surface area contributed by atoms with Crippen LogP contribution in [0.3, 0.4) is 0 Å². The van der Waals surface area contributed by atoms with Gasteiger partial charge in [0.2, 0.25) is 0 Å². The molecular weight excluding hydrogens is 676 g/mol. The Bertz CT molecular complexity index is 1050. The second-order valence-electron chi connectivity index (χ2n) is 10.9. The number of unbranched alkanes of at least 4 members (excludes halogenated alkanes) is 15.